The van der Waals surface area contributed by atoms with Crippen LogP contribution in [0.5, 0.6) is 0 Å². The molecular formula is C24H21N5O3. The maximum Gasteiger partial charge on any atom is 0.269 e. The number of aryl methyl sites for hydroxylation is 3. The van der Waals surface area contributed by atoms with Gasteiger partial charge in [0.25, 0.3) is 11.2 Å². The van der Waals surface area contributed by atoms with E-state index in [0.29, 0.717) is 16.7 Å². The predicted octanol–water partition coefficient (Wildman–Crippen LogP) is 4.67. The van der Waals surface area contributed by atoms with Crippen LogP contribution in [0.4, 0.5) is 17.1 Å². The molecule has 160 valence electrons. The number of hydrogen-bond acceptors (Lipinski definition) is 6. The van der Waals surface area contributed by atoms with Crippen LogP contribution in [0.25, 0.3) is 11.5 Å². The lowest BCUT2D eigenvalue weighted by Crippen LogP contribution is -2.36. The summed E-state index contributed by atoms with van der Waals surface area (Å²) in [5.74, 6) is 0.274. The minimum Gasteiger partial charge on any atom is -0.415 e. The second-order valence-corrected chi connectivity index (χ2v) is 7.36. The zero-order valence-corrected chi connectivity index (χ0v) is 17.9. The van der Waals surface area contributed by atoms with Crippen molar-refractivity contribution < 1.29 is 9.34 Å². The maximum atomic E-state index is 11.0. The van der Waals surface area contributed by atoms with Crippen molar-refractivity contribution in [1.29, 1.82) is 0 Å². The summed E-state index contributed by atoms with van der Waals surface area (Å²) in [7, 11) is 1.76. The van der Waals surface area contributed by atoms with Crippen LogP contribution in [-0.2, 0) is 7.05 Å². The number of benzene rings is 3. The van der Waals surface area contributed by atoms with Crippen LogP contribution in [0.15, 0.2) is 87.2 Å². The molecule has 4 rings (SSSR count). The smallest absolute Gasteiger partial charge is 0.269 e. The minimum absolute atomic E-state index is 0.00585. The fraction of sp³-hybridized carbons (Fsp3) is 0.125. The summed E-state index contributed by atoms with van der Waals surface area (Å²) in [6.45, 7) is 4.02. The zero-order valence-electron chi connectivity index (χ0n) is 17.9. The largest absolute Gasteiger partial charge is 0.415 e. The van der Waals surface area contributed by atoms with E-state index < -0.39 is 4.92 Å². The summed E-state index contributed by atoms with van der Waals surface area (Å²) in [5.41, 5.74) is 5.02. The molecule has 0 N–H and O–H groups in total. The SMILES string of the molecule is Cc1ccc(N=c2oc(-c3ccc([N+](=O)[O-])cc3)nn(C)c2=Nc2ccc(C)cc2)cc1. The lowest BCUT2D eigenvalue weighted by Gasteiger charge is -2.05. The highest BCUT2D eigenvalue weighted by molar-refractivity contribution is 5.55. The van der Waals surface area contributed by atoms with Crippen molar-refractivity contribution in [2.75, 3.05) is 0 Å². The van der Waals surface area contributed by atoms with Gasteiger partial charge in [-0.05, 0) is 50.2 Å². The Morgan fingerprint density at radius 2 is 1.38 bits per heavy atom. The predicted molar refractivity (Wildman–Crippen MR) is 120 cm³/mol. The zero-order chi connectivity index (χ0) is 22.7. The number of non-ortho nitro benzene ring substituents is 1. The highest BCUT2D eigenvalue weighted by Gasteiger charge is 2.10. The molecule has 0 spiro atoms. The topological polar surface area (TPSA) is 98.8 Å². The molecule has 0 saturated heterocycles. The summed E-state index contributed by atoms with van der Waals surface area (Å²) in [4.78, 5) is 19.9. The molecule has 1 aromatic heterocycles. The van der Waals surface area contributed by atoms with Crippen LogP contribution in [-0.4, -0.2) is 14.7 Å². The number of aromatic nitrogens is 2. The van der Waals surface area contributed by atoms with Gasteiger partial charge in [-0.3, -0.25) is 10.1 Å². The van der Waals surface area contributed by atoms with Gasteiger partial charge in [-0.15, -0.1) is 5.10 Å². The Labute approximate surface area is 184 Å². The molecule has 0 aliphatic rings. The fourth-order valence-electron chi connectivity index (χ4n) is 2.99. The molecule has 0 bridgehead atoms. The van der Waals surface area contributed by atoms with E-state index in [9.17, 15) is 10.1 Å². The van der Waals surface area contributed by atoms with Crippen LogP contribution in [0.1, 0.15) is 11.1 Å². The van der Waals surface area contributed by atoms with Crippen molar-refractivity contribution in [3.05, 3.63) is 105 Å². The third kappa shape index (κ3) is 4.70. The Kier molecular flexibility index (Phi) is 5.76. The Morgan fingerprint density at radius 3 is 1.91 bits per heavy atom. The molecule has 0 saturated carbocycles. The molecule has 8 nitrogen and oxygen atoms in total. The Hall–Kier alpha value is -4.33. The summed E-state index contributed by atoms with van der Waals surface area (Å²) in [5, 5.41) is 15.4. The fourth-order valence-corrected chi connectivity index (χ4v) is 2.99. The number of hydrogen-bond donors (Lipinski definition) is 0. The number of nitrogens with zero attached hydrogens (tertiary/aromatic N) is 5. The van der Waals surface area contributed by atoms with E-state index in [1.807, 2.05) is 62.4 Å². The first kappa shape index (κ1) is 20.9. The molecule has 0 atom stereocenters. The molecule has 0 amide bonds. The van der Waals surface area contributed by atoms with E-state index in [1.54, 1.807) is 23.9 Å². The highest BCUT2D eigenvalue weighted by atomic mass is 16.6. The molecule has 3 aromatic carbocycles. The normalized spacial score (nSPS) is 12.2. The van der Waals surface area contributed by atoms with Gasteiger partial charge in [0.2, 0.25) is 11.4 Å². The average molecular weight is 427 g/mol. The third-order valence-electron chi connectivity index (χ3n) is 4.79. The van der Waals surface area contributed by atoms with Crippen molar-refractivity contribution in [2.24, 2.45) is 17.0 Å². The first-order valence-corrected chi connectivity index (χ1v) is 9.95. The molecule has 8 heteroatoms. The van der Waals surface area contributed by atoms with Crippen LogP contribution in [0, 0.1) is 24.0 Å². The van der Waals surface area contributed by atoms with Crippen LogP contribution < -0.4 is 11.0 Å². The molecule has 0 aliphatic heterocycles. The van der Waals surface area contributed by atoms with Crippen molar-refractivity contribution in [2.45, 2.75) is 13.8 Å². The molecule has 0 unspecified atom stereocenters. The third-order valence-corrected chi connectivity index (χ3v) is 4.79. The minimum atomic E-state index is -0.448. The van der Waals surface area contributed by atoms with Gasteiger partial charge in [0, 0.05) is 24.7 Å². The van der Waals surface area contributed by atoms with Gasteiger partial charge in [-0.25, -0.2) is 14.7 Å². The molecule has 32 heavy (non-hydrogen) atoms. The summed E-state index contributed by atoms with van der Waals surface area (Å²) in [6, 6.07) is 21.5. The standard InChI is InChI=1S/C24H21N5O3/c1-16-4-10-19(11-5-16)25-22-24(26-20-12-6-17(2)7-13-20)32-23(27-28(22)3)18-8-14-21(15-9-18)29(30)31/h4-15H,1-3H3. The first-order chi connectivity index (χ1) is 15.4. The molecule has 0 radical (unpaired) electrons. The first-order valence-electron chi connectivity index (χ1n) is 9.95. The highest BCUT2D eigenvalue weighted by Crippen LogP contribution is 2.19. The van der Waals surface area contributed by atoms with E-state index in [2.05, 4.69) is 10.1 Å². The number of rotatable bonds is 4. The van der Waals surface area contributed by atoms with Gasteiger partial charge in [0.05, 0.1) is 16.3 Å². The van der Waals surface area contributed by atoms with Crippen molar-refractivity contribution >= 4 is 17.1 Å². The van der Waals surface area contributed by atoms with E-state index in [-0.39, 0.29) is 17.1 Å². The Bertz CT molecular complexity index is 1400. The van der Waals surface area contributed by atoms with Crippen LogP contribution >= 0.6 is 0 Å². The van der Waals surface area contributed by atoms with Crippen molar-refractivity contribution in [1.82, 2.24) is 9.78 Å². The monoisotopic (exact) mass is 427 g/mol. The van der Waals surface area contributed by atoms with E-state index in [1.165, 1.54) is 12.1 Å². The second kappa shape index (κ2) is 8.81. The van der Waals surface area contributed by atoms with Gasteiger partial charge < -0.3 is 4.42 Å². The van der Waals surface area contributed by atoms with Gasteiger partial charge in [0.15, 0.2) is 0 Å². The Morgan fingerprint density at radius 1 is 0.844 bits per heavy atom. The van der Waals surface area contributed by atoms with E-state index in [0.717, 1.165) is 16.8 Å². The lowest BCUT2D eigenvalue weighted by atomic mass is 10.2. The van der Waals surface area contributed by atoms with Crippen LogP contribution in [0.2, 0.25) is 0 Å². The van der Waals surface area contributed by atoms with Crippen LogP contribution in [0.3, 0.4) is 0 Å². The summed E-state index contributed by atoms with van der Waals surface area (Å²) < 4.78 is 7.63. The van der Waals surface area contributed by atoms with Crippen molar-refractivity contribution in [3.8, 4) is 11.5 Å². The number of nitro benzene ring substituents is 1. The second-order valence-electron chi connectivity index (χ2n) is 7.36. The molecule has 1 heterocycles. The lowest BCUT2D eigenvalue weighted by molar-refractivity contribution is -0.384. The molecular weight excluding hydrogens is 406 g/mol. The molecule has 0 aliphatic carbocycles. The van der Waals surface area contributed by atoms with E-state index >= 15 is 0 Å². The average Bonchev–Trinajstić information content (AvgIpc) is 2.79. The quantitative estimate of drug-likeness (QED) is 0.349. The summed E-state index contributed by atoms with van der Waals surface area (Å²) in [6.07, 6.45) is 0. The van der Waals surface area contributed by atoms with Gasteiger partial charge >= 0.3 is 0 Å². The maximum absolute atomic E-state index is 11.0. The molecule has 4 aromatic rings. The van der Waals surface area contributed by atoms with Gasteiger partial charge in [-0.2, -0.15) is 0 Å². The molecule has 0 fully saturated rings. The van der Waals surface area contributed by atoms with E-state index in [4.69, 9.17) is 9.41 Å². The van der Waals surface area contributed by atoms with Gasteiger partial charge in [-0.1, -0.05) is 35.4 Å². The van der Waals surface area contributed by atoms with Gasteiger partial charge in [0.1, 0.15) is 0 Å². The number of nitro groups is 1. The van der Waals surface area contributed by atoms with Crippen molar-refractivity contribution in [3.63, 3.8) is 0 Å². The summed E-state index contributed by atoms with van der Waals surface area (Å²) >= 11 is 0. The Balaban J connectivity index is 1.92.